The Bertz CT molecular complexity index is 1290. The second kappa shape index (κ2) is 8.90. The summed E-state index contributed by atoms with van der Waals surface area (Å²) in [6.07, 6.45) is 2.78. The number of nitrogens with zero attached hydrogens (tertiary/aromatic N) is 4. The molecule has 0 saturated heterocycles. The average Bonchev–Trinajstić information content (AvgIpc) is 3.06. The van der Waals surface area contributed by atoms with Gasteiger partial charge in [0.15, 0.2) is 5.69 Å². The van der Waals surface area contributed by atoms with Crippen molar-refractivity contribution in [3.8, 4) is 5.88 Å². The summed E-state index contributed by atoms with van der Waals surface area (Å²) in [5, 5.41) is 29.9. The van der Waals surface area contributed by atoms with E-state index in [4.69, 9.17) is 0 Å². The molecule has 0 atom stereocenters. The van der Waals surface area contributed by atoms with Gasteiger partial charge in [0.05, 0.1) is 10.4 Å². The van der Waals surface area contributed by atoms with Crippen molar-refractivity contribution in [1.29, 1.82) is 0 Å². The Balaban J connectivity index is 2.15. The van der Waals surface area contributed by atoms with E-state index in [1.807, 2.05) is 0 Å². The van der Waals surface area contributed by atoms with Crippen molar-refractivity contribution in [3.63, 3.8) is 0 Å². The lowest BCUT2D eigenvalue weighted by Gasteiger charge is -2.19. The molecule has 0 saturated carbocycles. The Morgan fingerprint density at radius 2 is 1.81 bits per heavy atom. The molecule has 0 aliphatic heterocycles. The SMILES string of the molecule is C=CCN(CC=C)S(=O)(=O)c1cc([N+](=O)[O-])ccc1N=Nc1c(O)[nH]c2ccccc12. The Hall–Kier alpha value is -3.83. The fourth-order valence-corrected chi connectivity index (χ4v) is 4.45. The minimum absolute atomic E-state index is 0.0309. The van der Waals surface area contributed by atoms with Gasteiger partial charge >= 0.3 is 0 Å². The number of azo groups is 1. The molecule has 31 heavy (non-hydrogen) atoms. The number of nitro groups is 1. The summed E-state index contributed by atoms with van der Waals surface area (Å²) in [6, 6.07) is 10.2. The third-order valence-corrected chi connectivity index (χ3v) is 6.22. The van der Waals surface area contributed by atoms with Crippen molar-refractivity contribution in [2.75, 3.05) is 13.1 Å². The molecule has 2 N–H and O–H groups in total. The Kier molecular flexibility index (Phi) is 6.28. The number of benzene rings is 2. The summed E-state index contributed by atoms with van der Waals surface area (Å²) >= 11 is 0. The summed E-state index contributed by atoms with van der Waals surface area (Å²) in [6.45, 7) is 7.03. The molecule has 11 heteroatoms. The summed E-state index contributed by atoms with van der Waals surface area (Å²) in [4.78, 5) is 12.9. The van der Waals surface area contributed by atoms with Crippen molar-refractivity contribution in [3.05, 3.63) is 77.9 Å². The van der Waals surface area contributed by atoms with E-state index < -0.39 is 25.5 Å². The monoisotopic (exact) mass is 441 g/mol. The van der Waals surface area contributed by atoms with Crippen LogP contribution in [0.1, 0.15) is 0 Å². The largest absolute Gasteiger partial charge is 0.493 e. The number of hydrogen-bond donors (Lipinski definition) is 2. The van der Waals surface area contributed by atoms with Gasteiger partial charge in [-0.3, -0.25) is 10.1 Å². The number of rotatable bonds is 9. The molecule has 1 aromatic heterocycles. The van der Waals surface area contributed by atoms with Crippen LogP contribution >= 0.6 is 0 Å². The minimum Gasteiger partial charge on any atom is -0.493 e. The normalized spacial score (nSPS) is 11.9. The summed E-state index contributed by atoms with van der Waals surface area (Å²) in [5.74, 6) is -0.240. The van der Waals surface area contributed by atoms with Crippen LogP contribution in [0.5, 0.6) is 5.88 Å². The van der Waals surface area contributed by atoms with E-state index >= 15 is 0 Å². The molecular weight excluding hydrogens is 422 g/mol. The van der Waals surface area contributed by atoms with Gasteiger partial charge in [-0.05, 0) is 12.1 Å². The predicted molar refractivity (Wildman–Crippen MR) is 116 cm³/mol. The quantitative estimate of drug-likeness (QED) is 0.217. The first-order valence-electron chi connectivity index (χ1n) is 9.01. The molecule has 1 heterocycles. The summed E-state index contributed by atoms with van der Waals surface area (Å²) in [5.41, 5.74) is 0.206. The summed E-state index contributed by atoms with van der Waals surface area (Å²) in [7, 11) is -4.19. The third-order valence-electron chi connectivity index (χ3n) is 4.35. The number of sulfonamides is 1. The summed E-state index contributed by atoms with van der Waals surface area (Å²) < 4.78 is 27.4. The number of aromatic nitrogens is 1. The number of fused-ring (bicyclic) bond motifs is 1. The lowest BCUT2D eigenvalue weighted by atomic mass is 10.2. The zero-order valence-electron chi connectivity index (χ0n) is 16.3. The molecule has 0 bridgehead atoms. The number of aromatic amines is 1. The highest BCUT2D eigenvalue weighted by atomic mass is 32.2. The second-order valence-corrected chi connectivity index (χ2v) is 8.28. The smallest absolute Gasteiger partial charge is 0.270 e. The van der Waals surface area contributed by atoms with Crippen molar-refractivity contribution in [1.82, 2.24) is 9.29 Å². The standard InChI is InChI=1S/C20H19N5O5S/c1-3-11-24(12-4-2)31(29,30)18-13-14(25(27)28)9-10-17(18)22-23-19-15-7-5-6-8-16(15)21-20(19)26/h3-10,13,21,26H,1-2,11-12H2. The van der Waals surface area contributed by atoms with Crippen molar-refractivity contribution in [2.24, 2.45) is 10.2 Å². The van der Waals surface area contributed by atoms with Gasteiger partial charge in [-0.1, -0.05) is 30.4 Å². The first kappa shape index (κ1) is 21.9. The van der Waals surface area contributed by atoms with Crippen molar-refractivity contribution < 1.29 is 18.4 Å². The minimum atomic E-state index is -4.19. The van der Waals surface area contributed by atoms with E-state index in [0.29, 0.717) is 10.9 Å². The van der Waals surface area contributed by atoms with E-state index in [9.17, 15) is 23.6 Å². The van der Waals surface area contributed by atoms with Crippen LogP contribution in [0.4, 0.5) is 17.1 Å². The lowest BCUT2D eigenvalue weighted by molar-refractivity contribution is -0.385. The van der Waals surface area contributed by atoms with Gasteiger partial charge in [0.2, 0.25) is 15.9 Å². The number of nitrogens with one attached hydrogen (secondary N) is 1. The molecule has 0 unspecified atom stereocenters. The van der Waals surface area contributed by atoms with Gasteiger partial charge in [-0.15, -0.1) is 23.4 Å². The Morgan fingerprint density at radius 1 is 1.13 bits per heavy atom. The molecule has 0 radical (unpaired) electrons. The zero-order chi connectivity index (χ0) is 22.6. The number of hydrogen-bond acceptors (Lipinski definition) is 7. The van der Waals surface area contributed by atoms with Crippen LogP contribution < -0.4 is 0 Å². The van der Waals surface area contributed by atoms with Gasteiger partial charge in [-0.25, -0.2) is 8.42 Å². The molecule has 3 rings (SSSR count). The highest BCUT2D eigenvalue weighted by molar-refractivity contribution is 7.89. The molecule has 3 aromatic rings. The first-order chi connectivity index (χ1) is 14.8. The van der Waals surface area contributed by atoms with E-state index in [2.05, 4.69) is 28.4 Å². The fraction of sp³-hybridized carbons (Fsp3) is 0.100. The zero-order valence-corrected chi connectivity index (χ0v) is 17.1. The van der Waals surface area contributed by atoms with Crippen LogP contribution in [0, 0.1) is 10.1 Å². The predicted octanol–water partition coefficient (Wildman–Crippen LogP) is 4.56. The van der Waals surface area contributed by atoms with E-state index in [1.165, 1.54) is 18.2 Å². The molecule has 160 valence electrons. The molecule has 2 aromatic carbocycles. The van der Waals surface area contributed by atoms with Crippen LogP contribution in [0.3, 0.4) is 0 Å². The third kappa shape index (κ3) is 4.37. The maximum absolute atomic E-state index is 13.2. The molecule has 10 nitrogen and oxygen atoms in total. The van der Waals surface area contributed by atoms with E-state index in [0.717, 1.165) is 16.4 Å². The van der Waals surface area contributed by atoms with Gasteiger partial charge < -0.3 is 10.1 Å². The van der Waals surface area contributed by atoms with Crippen LogP contribution in [-0.2, 0) is 10.0 Å². The molecule has 0 aliphatic rings. The van der Waals surface area contributed by atoms with Crippen LogP contribution in [-0.4, -0.2) is 40.8 Å². The van der Waals surface area contributed by atoms with Crippen molar-refractivity contribution in [2.45, 2.75) is 4.90 Å². The Labute approximate surface area is 178 Å². The molecule has 0 fully saturated rings. The van der Waals surface area contributed by atoms with Crippen LogP contribution in [0.25, 0.3) is 10.9 Å². The lowest BCUT2D eigenvalue weighted by Crippen LogP contribution is -2.31. The van der Waals surface area contributed by atoms with Crippen LogP contribution in [0.15, 0.2) is 82.9 Å². The van der Waals surface area contributed by atoms with Crippen LogP contribution in [0.2, 0.25) is 0 Å². The fourth-order valence-electron chi connectivity index (χ4n) is 2.92. The molecule has 0 aliphatic carbocycles. The van der Waals surface area contributed by atoms with Gasteiger partial charge in [0.1, 0.15) is 10.6 Å². The highest BCUT2D eigenvalue weighted by Gasteiger charge is 2.28. The number of H-pyrrole nitrogens is 1. The molecule has 0 spiro atoms. The highest BCUT2D eigenvalue weighted by Crippen LogP contribution is 2.38. The number of aromatic hydroxyl groups is 1. The van der Waals surface area contributed by atoms with E-state index in [1.54, 1.807) is 24.3 Å². The number of nitro benzene ring substituents is 1. The van der Waals surface area contributed by atoms with E-state index in [-0.39, 0.29) is 30.3 Å². The van der Waals surface area contributed by atoms with Gasteiger partial charge in [0, 0.05) is 30.6 Å². The maximum Gasteiger partial charge on any atom is 0.270 e. The number of para-hydroxylation sites is 1. The number of non-ortho nitro benzene ring substituents is 1. The Morgan fingerprint density at radius 3 is 2.45 bits per heavy atom. The topological polar surface area (TPSA) is 141 Å². The maximum atomic E-state index is 13.2. The second-order valence-electron chi connectivity index (χ2n) is 6.38. The average molecular weight is 441 g/mol. The van der Waals surface area contributed by atoms with Crippen molar-refractivity contribution >= 4 is 38.0 Å². The molecular formula is C20H19N5O5S. The van der Waals surface area contributed by atoms with Gasteiger partial charge in [-0.2, -0.15) is 4.31 Å². The molecule has 0 amide bonds. The first-order valence-corrected chi connectivity index (χ1v) is 10.5. The van der Waals surface area contributed by atoms with Gasteiger partial charge in [0.25, 0.3) is 5.69 Å².